The number of aryl methyl sites for hydroxylation is 2. The zero-order valence-electron chi connectivity index (χ0n) is 36.5. The number of piperazine rings is 2. The number of pyridine rings is 2. The molecule has 14 nitrogen and oxygen atoms in total. The van der Waals surface area contributed by atoms with E-state index in [0.717, 1.165) is 134 Å². The zero-order valence-corrected chi connectivity index (χ0v) is 36.5. The number of carbonyl (C=O) groups excluding carboxylic acids is 2. The van der Waals surface area contributed by atoms with Gasteiger partial charge in [0.15, 0.2) is 0 Å². The van der Waals surface area contributed by atoms with Crippen LogP contribution in [0.4, 0.5) is 49.4 Å². The van der Waals surface area contributed by atoms with Gasteiger partial charge < -0.3 is 49.6 Å². The van der Waals surface area contributed by atoms with Gasteiger partial charge in [-0.15, -0.1) is 26.3 Å². The molecule has 0 radical (unpaired) electrons. The smallest absolute Gasteiger partial charge is 0.476 e. The summed E-state index contributed by atoms with van der Waals surface area (Å²) in [4.78, 5) is 45.5. The lowest BCUT2D eigenvalue weighted by Crippen LogP contribution is -2.51. The number of likely N-dealkylation sites (N-methyl/N-ethyl adjacent to an activating group) is 1. The third-order valence-corrected chi connectivity index (χ3v) is 11.2. The van der Waals surface area contributed by atoms with Gasteiger partial charge in [-0.2, -0.15) is 0 Å². The Morgan fingerprint density at radius 1 is 0.567 bits per heavy atom. The fraction of sp³-hybridized carbons (Fsp3) is 0.319. The topological polar surface area (TPSA) is 143 Å². The normalized spacial score (nSPS) is 15.8. The van der Waals surface area contributed by atoms with Crippen molar-refractivity contribution in [2.75, 3.05) is 79.8 Å². The van der Waals surface area contributed by atoms with Crippen molar-refractivity contribution in [2.45, 2.75) is 38.8 Å². The van der Waals surface area contributed by atoms with Gasteiger partial charge in [-0.25, -0.2) is 9.97 Å². The maximum absolute atomic E-state index is 14.6. The van der Waals surface area contributed by atoms with E-state index in [1.54, 1.807) is 36.4 Å². The largest absolute Gasteiger partial charge is 0.573 e. The van der Waals surface area contributed by atoms with E-state index >= 15 is 0 Å². The number of rotatable bonds is 13. The van der Waals surface area contributed by atoms with Gasteiger partial charge in [-0.05, 0) is 129 Å². The molecule has 2 aliphatic heterocycles. The van der Waals surface area contributed by atoms with Crippen LogP contribution < -0.4 is 44.7 Å². The van der Waals surface area contributed by atoms with E-state index in [9.17, 15) is 35.9 Å². The van der Waals surface area contributed by atoms with Crippen LogP contribution in [0.3, 0.4) is 0 Å². The number of amides is 2. The van der Waals surface area contributed by atoms with E-state index in [2.05, 4.69) is 47.2 Å². The summed E-state index contributed by atoms with van der Waals surface area (Å²) in [5.74, 6) is -1.71. The number of carbonyl (C=O) groups is 2. The lowest BCUT2D eigenvalue weighted by atomic mass is 10.1. The molecule has 4 aromatic carbocycles. The number of anilines is 4. The lowest BCUT2D eigenvalue weighted by molar-refractivity contribution is -0.275. The summed E-state index contributed by atoms with van der Waals surface area (Å²) >= 11 is 0. The van der Waals surface area contributed by atoms with Crippen molar-refractivity contribution in [1.82, 2.24) is 20.2 Å². The maximum atomic E-state index is 14.6. The first kappa shape index (κ1) is 46.5. The molecule has 6 aromatic rings. The van der Waals surface area contributed by atoms with Gasteiger partial charge in [0.2, 0.25) is 12.2 Å². The quantitative estimate of drug-likeness (QED) is 0.0973. The third kappa shape index (κ3) is 11.9. The third-order valence-electron chi connectivity index (χ3n) is 11.2. The summed E-state index contributed by atoms with van der Waals surface area (Å²) in [7, 11) is 2.06. The van der Waals surface area contributed by atoms with Crippen LogP contribution in [-0.4, -0.2) is 111 Å². The van der Waals surface area contributed by atoms with Crippen molar-refractivity contribution >= 4 is 56.6 Å². The van der Waals surface area contributed by atoms with E-state index in [4.69, 9.17) is 19.4 Å². The summed E-state index contributed by atoms with van der Waals surface area (Å²) in [6.07, 6.45) is -13.8. The minimum atomic E-state index is -4.99. The molecule has 0 spiro atoms. The van der Waals surface area contributed by atoms with Gasteiger partial charge in [0, 0.05) is 74.5 Å². The summed E-state index contributed by atoms with van der Waals surface area (Å²) in [6, 6.07) is 22.3. The predicted molar refractivity (Wildman–Crippen MR) is 240 cm³/mol. The van der Waals surface area contributed by atoms with Crippen molar-refractivity contribution in [3.05, 3.63) is 108 Å². The van der Waals surface area contributed by atoms with Crippen molar-refractivity contribution in [3.8, 4) is 23.0 Å². The van der Waals surface area contributed by atoms with Crippen molar-refractivity contribution in [3.63, 3.8) is 0 Å². The molecule has 2 aliphatic rings. The molecule has 0 saturated carbocycles. The van der Waals surface area contributed by atoms with Gasteiger partial charge in [0.05, 0.1) is 11.0 Å². The second-order valence-electron chi connectivity index (χ2n) is 16.2. The fourth-order valence-electron chi connectivity index (χ4n) is 7.83. The van der Waals surface area contributed by atoms with E-state index in [1.165, 1.54) is 0 Å². The van der Waals surface area contributed by atoms with Gasteiger partial charge >= 0.3 is 12.7 Å². The van der Waals surface area contributed by atoms with Gasteiger partial charge in [-0.3, -0.25) is 9.59 Å². The predicted octanol–water partition coefficient (Wildman–Crippen LogP) is 7.83. The van der Waals surface area contributed by atoms with Crippen LogP contribution in [0.5, 0.6) is 23.0 Å². The van der Waals surface area contributed by atoms with E-state index in [-0.39, 0.29) is 22.9 Å². The highest BCUT2D eigenvalue weighted by Crippen LogP contribution is 2.31. The first-order valence-electron chi connectivity index (χ1n) is 21.3. The Hall–Kier alpha value is -7.06. The number of hydrogen-bond acceptors (Lipinski definition) is 12. The molecule has 8 rings (SSSR count). The van der Waals surface area contributed by atoms with Crippen LogP contribution in [0.2, 0.25) is 0 Å². The number of nitrogens with one attached hydrogen (secondary N) is 3. The van der Waals surface area contributed by atoms with Crippen LogP contribution in [0.15, 0.2) is 97.1 Å². The second kappa shape index (κ2) is 19.4. The highest BCUT2D eigenvalue weighted by molar-refractivity contribution is 6.04. The molecule has 2 aromatic heterocycles. The number of ether oxygens (including phenoxy) is 4. The van der Waals surface area contributed by atoms with Crippen LogP contribution in [0, 0.1) is 13.8 Å². The average Bonchev–Trinajstić information content (AvgIpc) is 3.28. The molecular weight excluding hydrogens is 887 g/mol. The van der Waals surface area contributed by atoms with Crippen LogP contribution in [0.25, 0.3) is 21.8 Å². The molecule has 2 fully saturated rings. The summed E-state index contributed by atoms with van der Waals surface area (Å²) in [6.45, 7) is 10.4. The van der Waals surface area contributed by atoms with Crippen LogP contribution in [0.1, 0.15) is 11.1 Å². The van der Waals surface area contributed by atoms with Crippen molar-refractivity contribution < 1.29 is 54.9 Å². The Morgan fingerprint density at radius 3 is 1.36 bits per heavy atom. The lowest BCUT2D eigenvalue weighted by Gasteiger charge is -2.33. The van der Waals surface area contributed by atoms with Crippen molar-refractivity contribution in [1.29, 1.82) is 0 Å². The monoisotopic (exact) mass is 932 g/mol. The Morgan fingerprint density at radius 2 is 0.955 bits per heavy atom. The summed E-state index contributed by atoms with van der Waals surface area (Å²) in [5, 5.41) is 10.3. The van der Waals surface area contributed by atoms with Crippen LogP contribution >= 0.6 is 0 Å². The highest BCUT2D eigenvalue weighted by Gasteiger charge is 2.39. The van der Waals surface area contributed by atoms with E-state index in [0.29, 0.717) is 11.0 Å². The second-order valence-corrected chi connectivity index (χ2v) is 16.2. The Balaban J connectivity index is 1.13. The van der Waals surface area contributed by atoms with E-state index in [1.807, 2.05) is 26.0 Å². The minimum Gasteiger partial charge on any atom is -0.476 e. The minimum absolute atomic E-state index is 0.160. The molecule has 352 valence electrons. The number of hydrogen-bond donors (Lipinski definition) is 3. The molecular formula is C47H46F6N8O6. The molecule has 2 amide bonds. The number of fused-ring (bicyclic) bond motifs is 2. The summed E-state index contributed by atoms with van der Waals surface area (Å²) < 4.78 is 98.6. The van der Waals surface area contributed by atoms with E-state index < -0.39 is 48.2 Å². The maximum Gasteiger partial charge on any atom is 0.573 e. The molecule has 3 N–H and O–H groups in total. The summed E-state index contributed by atoms with van der Waals surface area (Å²) in [5.41, 5.74) is 3.64. The number of aromatic nitrogens is 2. The number of nitrogens with zero attached hydrogens (tertiary/aromatic N) is 5. The Kier molecular flexibility index (Phi) is 13.5. The Labute approximate surface area is 380 Å². The Bertz CT molecular complexity index is 2730. The number of halogens is 6. The first-order chi connectivity index (χ1) is 31.9. The first-order valence-corrected chi connectivity index (χ1v) is 21.3. The molecule has 2 saturated heterocycles. The number of benzene rings is 4. The van der Waals surface area contributed by atoms with Gasteiger partial charge in [-0.1, -0.05) is 0 Å². The average molecular weight is 933 g/mol. The SMILES string of the molecule is Cc1cc(N2CCNCC2)nc2ccc(NC(=O)C(Oc3ccc(OC(F)(F)F)cc3)C(Oc3ccc(OC(F)(F)F)cc3)C(=O)Nc3ccc4nc(N5CCN(C)CC5)cc(C)c4c3)cc12. The highest BCUT2D eigenvalue weighted by atomic mass is 19.4. The molecule has 67 heavy (non-hydrogen) atoms. The molecule has 0 aliphatic carbocycles. The molecule has 2 unspecified atom stereocenters. The van der Waals surface area contributed by atoms with Crippen LogP contribution in [-0.2, 0) is 9.59 Å². The number of alkyl halides is 6. The molecule has 4 heterocycles. The molecule has 20 heteroatoms. The molecule has 0 bridgehead atoms. The van der Waals surface area contributed by atoms with Gasteiger partial charge in [0.25, 0.3) is 11.8 Å². The van der Waals surface area contributed by atoms with Gasteiger partial charge in [0.1, 0.15) is 34.6 Å². The van der Waals surface area contributed by atoms with Crippen molar-refractivity contribution in [2.24, 2.45) is 0 Å². The standard InChI is InChI=1S/C47H46F6N8O6/c1-28-24-40(60-18-16-54-17-19-60)57-38-14-4-30(26-36(28)38)55-44(62)42(64-32-6-10-34(11-7-32)66-46(48,49)50)43(65-33-8-12-35(13-9-33)67-47(51,52)53)45(63)56-31-5-15-39-37(27-31)29(2)25-41(58-39)61-22-20-59(3)21-23-61/h4-15,24-27,42-43,54H,16-23H2,1-3H3,(H,55,62)(H,56,63). The fourth-order valence-corrected chi connectivity index (χ4v) is 7.83. The zero-order chi connectivity index (χ0) is 47.5. The molecule has 2 atom stereocenters.